The molecule has 0 aliphatic rings. The molecule has 0 radical (unpaired) electrons. The van der Waals surface area contributed by atoms with Crippen molar-refractivity contribution < 1.29 is 18.0 Å². The molecular weight excluding hydrogens is 350 g/mol. The maximum Gasteiger partial charge on any atom is 0.291 e. The summed E-state index contributed by atoms with van der Waals surface area (Å²) >= 11 is 0. The zero-order valence-corrected chi connectivity index (χ0v) is 15.3. The number of amides is 1. The van der Waals surface area contributed by atoms with Crippen molar-refractivity contribution in [2.75, 3.05) is 6.26 Å². The number of carbonyl (C=O) groups is 1. The van der Waals surface area contributed by atoms with Crippen LogP contribution in [0.2, 0.25) is 0 Å². The third-order valence-electron chi connectivity index (χ3n) is 3.01. The summed E-state index contributed by atoms with van der Waals surface area (Å²) in [6.07, 6.45) is 0.503. The van der Waals surface area contributed by atoms with Crippen LogP contribution < -0.4 is 0 Å². The highest BCUT2D eigenvalue weighted by molar-refractivity contribution is 7.88. The second-order valence-electron chi connectivity index (χ2n) is 5.39. The number of benzene rings is 2. The van der Waals surface area contributed by atoms with Crippen LogP contribution in [0.1, 0.15) is 24.2 Å². The van der Waals surface area contributed by atoms with Gasteiger partial charge >= 0.3 is 0 Å². The highest BCUT2D eigenvalue weighted by Crippen LogP contribution is 2.20. The zero-order chi connectivity index (χ0) is 17.0. The van der Waals surface area contributed by atoms with Crippen molar-refractivity contribution in [2.24, 2.45) is 0 Å². The van der Waals surface area contributed by atoms with E-state index in [4.69, 9.17) is 4.84 Å². The van der Waals surface area contributed by atoms with Gasteiger partial charge < -0.3 is 0 Å². The van der Waals surface area contributed by atoms with Gasteiger partial charge in [-0.25, -0.2) is 8.42 Å². The quantitative estimate of drug-likeness (QED) is 0.756. The van der Waals surface area contributed by atoms with Gasteiger partial charge in [0.05, 0.1) is 12.4 Å². The van der Waals surface area contributed by atoms with Crippen molar-refractivity contribution in [3.05, 3.63) is 60.2 Å². The van der Waals surface area contributed by atoms with Crippen LogP contribution in [-0.4, -0.2) is 31.2 Å². The largest absolute Gasteiger partial charge is 0.291 e. The van der Waals surface area contributed by atoms with Gasteiger partial charge in [-0.2, -0.15) is 0 Å². The van der Waals surface area contributed by atoms with Crippen molar-refractivity contribution in [3.63, 3.8) is 0 Å². The van der Waals surface area contributed by atoms with Crippen molar-refractivity contribution in [1.82, 2.24) is 4.47 Å². The molecule has 0 aliphatic heterocycles. The van der Waals surface area contributed by atoms with Crippen LogP contribution in [0.15, 0.2) is 54.6 Å². The van der Waals surface area contributed by atoms with Crippen LogP contribution >= 0.6 is 12.4 Å². The van der Waals surface area contributed by atoms with Crippen LogP contribution in [0.5, 0.6) is 0 Å². The van der Waals surface area contributed by atoms with Gasteiger partial charge in [-0.05, 0) is 37.1 Å². The summed E-state index contributed by atoms with van der Waals surface area (Å²) in [5, 5.41) is 0. The Hall–Kier alpha value is -1.89. The van der Waals surface area contributed by atoms with Gasteiger partial charge in [0.1, 0.15) is 0 Å². The predicted molar refractivity (Wildman–Crippen MR) is 96.4 cm³/mol. The number of rotatable bonds is 5. The second-order valence-corrected chi connectivity index (χ2v) is 7.19. The highest BCUT2D eigenvalue weighted by Gasteiger charge is 2.27. The van der Waals surface area contributed by atoms with E-state index in [-0.39, 0.29) is 18.0 Å². The Morgan fingerprint density at radius 1 is 0.958 bits per heavy atom. The summed E-state index contributed by atoms with van der Waals surface area (Å²) in [5.41, 5.74) is 2.21. The Morgan fingerprint density at radius 2 is 1.46 bits per heavy atom. The van der Waals surface area contributed by atoms with E-state index in [0.29, 0.717) is 4.47 Å². The fourth-order valence-electron chi connectivity index (χ4n) is 2.01. The Balaban J connectivity index is 0.00000288. The van der Waals surface area contributed by atoms with Crippen LogP contribution in [0.4, 0.5) is 0 Å². The van der Waals surface area contributed by atoms with Gasteiger partial charge in [-0.15, -0.1) is 16.9 Å². The third-order valence-corrected chi connectivity index (χ3v) is 3.87. The number of hydrogen-bond donors (Lipinski definition) is 0. The van der Waals surface area contributed by atoms with Gasteiger partial charge in [0, 0.05) is 5.56 Å². The molecule has 0 aliphatic carbocycles. The molecule has 0 saturated carbocycles. The lowest BCUT2D eigenvalue weighted by atomic mass is 10.0. The Kier molecular flexibility index (Phi) is 6.95. The molecule has 0 aromatic heterocycles. The average molecular weight is 370 g/mol. The Morgan fingerprint density at radius 3 is 1.92 bits per heavy atom. The number of nitrogens with zero attached hydrogens (tertiary/aromatic N) is 1. The van der Waals surface area contributed by atoms with Gasteiger partial charge in [0.2, 0.25) is 0 Å². The molecule has 1 amide bonds. The minimum absolute atomic E-state index is 0. The molecule has 2 aromatic carbocycles. The summed E-state index contributed by atoms with van der Waals surface area (Å²) < 4.78 is 23.9. The van der Waals surface area contributed by atoms with Crippen LogP contribution in [0, 0.1) is 0 Å². The molecule has 0 unspecified atom stereocenters. The lowest BCUT2D eigenvalue weighted by Gasteiger charge is -2.21. The molecule has 0 atom stereocenters. The summed E-state index contributed by atoms with van der Waals surface area (Å²) in [4.78, 5) is 17.5. The lowest BCUT2D eigenvalue weighted by Crippen LogP contribution is -2.38. The first kappa shape index (κ1) is 20.2. The standard InChI is InChI=1S/C17H19NO4S.ClH/c1-13(2)22-18(23(3,20)21)17(19)16-11-9-15(10-12-16)14-7-5-4-6-8-14;/h4-13H,1-3H3;1H. The first-order valence-corrected chi connectivity index (χ1v) is 9.01. The van der Waals surface area contributed by atoms with Gasteiger partial charge in [0.15, 0.2) is 0 Å². The molecular formula is C17H20ClNO4S. The average Bonchev–Trinajstić information content (AvgIpc) is 2.52. The number of carbonyl (C=O) groups excluding carboxylic acids is 1. The molecule has 0 heterocycles. The summed E-state index contributed by atoms with van der Waals surface area (Å²) in [5.74, 6) is -0.708. The molecule has 5 nitrogen and oxygen atoms in total. The van der Waals surface area contributed by atoms with Gasteiger partial charge in [-0.3, -0.25) is 9.63 Å². The van der Waals surface area contributed by atoms with Crippen LogP contribution in [-0.2, 0) is 14.9 Å². The molecule has 2 rings (SSSR count). The Labute approximate surface area is 148 Å². The van der Waals surface area contributed by atoms with E-state index in [0.717, 1.165) is 17.4 Å². The van der Waals surface area contributed by atoms with Crippen LogP contribution in [0.3, 0.4) is 0 Å². The minimum Gasteiger partial charge on any atom is -0.266 e. The first-order chi connectivity index (χ1) is 10.8. The predicted octanol–water partition coefficient (Wildman–Crippen LogP) is 3.52. The van der Waals surface area contributed by atoms with Gasteiger partial charge in [-0.1, -0.05) is 42.5 Å². The first-order valence-electron chi connectivity index (χ1n) is 7.16. The summed E-state index contributed by atoms with van der Waals surface area (Å²) in [7, 11) is -3.81. The molecule has 0 N–H and O–H groups in total. The van der Waals surface area contributed by atoms with E-state index in [1.54, 1.807) is 38.1 Å². The molecule has 0 fully saturated rings. The zero-order valence-electron chi connectivity index (χ0n) is 13.7. The molecule has 130 valence electrons. The molecule has 7 heteroatoms. The monoisotopic (exact) mass is 369 g/mol. The fraction of sp³-hybridized carbons (Fsp3) is 0.235. The van der Waals surface area contributed by atoms with E-state index < -0.39 is 22.0 Å². The maximum atomic E-state index is 12.4. The second kappa shape index (κ2) is 8.28. The maximum absolute atomic E-state index is 12.4. The number of sulfonamides is 1. The number of halogens is 1. The summed E-state index contributed by atoms with van der Waals surface area (Å²) in [6.45, 7) is 3.31. The van der Waals surface area contributed by atoms with Gasteiger partial charge in [0.25, 0.3) is 15.9 Å². The van der Waals surface area contributed by atoms with Crippen molar-refractivity contribution in [1.29, 1.82) is 0 Å². The minimum atomic E-state index is -3.81. The smallest absolute Gasteiger partial charge is 0.266 e. The van der Waals surface area contributed by atoms with Crippen molar-refractivity contribution in [3.8, 4) is 11.1 Å². The fourth-order valence-corrected chi connectivity index (χ4v) is 2.74. The van der Waals surface area contributed by atoms with E-state index in [1.165, 1.54) is 0 Å². The number of hydroxylamine groups is 1. The van der Waals surface area contributed by atoms with E-state index in [2.05, 4.69) is 0 Å². The van der Waals surface area contributed by atoms with Crippen molar-refractivity contribution >= 4 is 28.3 Å². The molecule has 0 bridgehead atoms. The third kappa shape index (κ3) is 5.06. The molecule has 2 aromatic rings. The summed E-state index contributed by atoms with van der Waals surface area (Å²) in [6, 6.07) is 16.4. The number of hydrogen-bond acceptors (Lipinski definition) is 4. The molecule has 0 saturated heterocycles. The van der Waals surface area contributed by atoms with E-state index in [9.17, 15) is 13.2 Å². The molecule has 24 heavy (non-hydrogen) atoms. The topological polar surface area (TPSA) is 63.7 Å². The van der Waals surface area contributed by atoms with Crippen LogP contribution in [0.25, 0.3) is 11.1 Å². The Bertz CT molecular complexity index is 774. The van der Waals surface area contributed by atoms with Crippen molar-refractivity contribution in [2.45, 2.75) is 20.0 Å². The van der Waals surface area contributed by atoms with E-state index >= 15 is 0 Å². The molecule has 0 spiro atoms. The highest BCUT2D eigenvalue weighted by atomic mass is 35.5. The lowest BCUT2D eigenvalue weighted by molar-refractivity contribution is -0.0914. The SMILES string of the molecule is CC(C)ON(C(=O)c1ccc(-c2ccccc2)cc1)S(C)(=O)=O.Cl. The van der Waals surface area contributed by atoms with E-state index in [1.807, 2.05) is 30.3 Å². The normalized spacial score (nSPS) is 11.0.